The molecule has 0 amide bonds. The van der Waals surface area contributed by atoms with Crippen LogP contribution < -0.4 is 5.32 Å². The molecule has 96 valence electrons. The van der Waals surface area contributed by atoms with Gasteiger partial charge in [0, 0.05) is 19.7 Å². The van der Waals surface area contributed by atoms with Gasteiger partial charge in [0.1, 0.15) is 0 Å². The molecule has 0 aliphatic heterocycles. The molecule has 0 fully saturated rings. The molecule has 0 aliphatic carbocycles. The van der Waals surface area contributed by atoms with Crippen molar-refractivity contribution >= 4 is 5.95 Å². The van der Waals surface area contributed by atoms with Crippen molar-refractivity contribution in [3.63, 3.8) is 0 Å². The summed E-state index contributed by atoms with van der Waals surface area (Å²) in [4.78, 5) is 4.43. The van der Waals surface area contributed by atoms with E-state index in [9.17, 15) is 0 Å². The van der Waals surface area contributed by atoms with E-state index in [1.54, 1.807) is 4.68 Å². The summed E-state index contributed by atoms with van der Waals surface area (Å²) in [6.07, 6.45) is 0. The smallest absolute Gasteiger partial charge is 0.242 e. The quantitative estimate of drug-likeness (QED) is 0.883. The first kappa shape index (κ1) is 12.6. The summed E-state index contributed by atoms with van der Waals surface area (Å²) in [6.45, 7) is 6.64. The van der Waals surface area contributed by atoms with Gasteiger partial charge in [-0.1, -0.05) is 45.0 Å². The van der Waals surface area contributed by atoms with Crippen LogP contribution in [0.1, 0.15) is 26.3 Å². The third kappa shape index (κ3) is 2.37. The molecular formula is C14H20N4. The molecule has 2 rings (SSSR count). The molecule has 1 aromatic carbocycles. The molecule has 1 aromatic heterocycles. The van der Waals surface area contributed by atoms with Gasteiger partial charge in [0.15, 0.2) is 5.82 Å². The van der Waals surface area contributed by atoms with E-state index in [2.05, 4.69) is 60.4 Å². The summed E-state index contributed by atoms with van der Waals surface area (Å²) in [6, 6.07) is 8.51. The van der Waals surface area contributed by atoms with E-state index in [4.69, 9.17) is 0 Å². The number of hydrogen-bond acceptors (Lipinski definition) is 3. The first-order chi connectivity index (χ1) is 8.41. The maximum Gasteiger partial charge on any atom is 0.242 e. The summed E-state index contributed by atoms with van der Waals surface area (Å²) in [7, 11) is 3.72. The van der Waals surface area contributed by atoms with Crippen LogP contribution in [-0.4, -0.2) is 21.8 Å². The lowest BCUT2D eigenvalue weighted by molar-refractivity contribution is 0.590. The van der Waals surface area contributed by atoms with Crippen molar-refractivity contribution in [1.29, 1.82) is 0 Å². The van der Waals surface area contributed by atoms with E-state index in [0.717, 1.165) is 11.4 Å². The summed E-state index contributed by atoms with van der Waals surface area (Å²) in [5, 5.41) is 7.22. The Bertz CT molecular complexity index is 532. The molecular weight excluding hydrogens is 224 g/mol. The van der Waals surface area contributed by atoms with Crippen LogP contribution >= 0.6 is 0 Å². The molecule has 0 atom stereocenters. The van der Waals surface area contributed by atoms with Crippen molar-refractivity contribution in [2.75, 3.05) is 12.4 Å². The van der Waals surface area contributed by atoms with Crippen LogP contribution in [0, 0.1) is 0 Å². The highest BCUT2D eigenvalue weighted by molar-refractivity contribution is 5.57. The topological polar surface area (TPSA) is 42.7 Å². The van der Waals surface area contributed by atoms with E-state index in [-0.39, 0.29) is 5.41 Å². The summed E-state index contributed by atoms with van der Waals surface area (Å²) in [5.41, 5.74) is 2.58. The van der Waals surface area contributed by atoms with Crippen molar-refractivity contribution < 1.29 is 0 Å². The predicted octanol–water partition coefficient (Wildman–Crippen LogP) is 2.82. The lowest BCUT2D eigenvalue weighted by Crippen LogP contribution is -2.10. The third-order valence-electron chi connectivity index (χ3n) is 3.00. The van der Waals surface area contributed by atoms with Crippen molar-refractivity contribution in [2.24, 2.45) is 7.05 Å². The Labute approximate surface area is 108 Å². The second-order valence-electron chi connectivity index (χ2n) is 5.46. The maximum atomic E-state index is 4.43. The van der Waals surface area contributed by atoms with Crippen molar-refractivity contribution in [2.45, 2.75) is 26.2 Å². The zero-order chi connectivity index (χ0) is 13.3. The second kappa shape index (κ2) is 4.44. The average molecular weight is 244 g/mol. The number of benzene rings is 1. The minimum Gasteiger partial charge on any atom is -0.356 e. The molecule has 4 heteroatoms. The number of nitrogens with zero attached hydrogens (tertiary/aromatic N) is 3. The molecule has 1 N–H and O–H groups in total. The number of aromatic nitrogens is 3. The Morgan fingerprint density at radius 2 is 1.72 bits per heavy atom. The molecule has 0 unspecified atom stereocenters. The zero-order valence-electron chi connectivity index (χ0n) is 11.7. The van der Waals surface area contributed by atoms with Gasteiger partial charge in [-0.3, -0.25) is 0 Å². The van der Waals surface area contributed by atoms with E-state index in [0.29, 0.717) is 5.95 Å². The number of aryl methyl sites for hydroxylation is 1. The minimum absolute atomic E-state index is 0.175. The van der Waals surface area contributed by atoms with Crippen LogP contribution in [0.3, 0.4) is 0 Å². The van der Waals surface area contributed by atoms with Gasteiger partial charge in [-0.15, -0.1) is 5.10 Å². The van der Waals surface area contributed by atoms with E-state index in [1.165, 1.54) is 5.56 Å². The Hall–Kier alpha value is -1.84. The van der Waals surface area contributed by atoms with Crippen LogP contribution in [0.2, 0.25) is 0 Å². The molecule has 2 aromatic rings. The fourth-order valence-electron chi connectivity index (χ4n) is 1.86. The maximum absolute atomic E-state index is 4.43. The molecule has 1 heterocycles. The van der Waals surface area contributed by atoms with Gasteiger partial charge in [-0.2, -0.15) is 4.98 Å². The molecule has 0 saturated carbocycles. The van der Waals surface area contributed by atoms with Gasteiger partial charge in [-0.05, 0) is 11.0 Å². The molecule has 0 aliphatic rings. The van der Waals surface area contributed by atoms with Crippen LogP contribution in [0.5, 0.6) is 0 Å². The summed E-state index contributed by atoms with van der Waals surface area (Å²) in [5.74, 6) is 1.52. The zero-order valence-corrected chi connectivity index (χ0v) is 11.7. The van der Waals surface area contributed by atoms with E-state index >= 15 is 0 Å². The fourth-order valence-corrected chi connectivity index (χ4v) is 1.86. The van der Waals surface area contributed by atoms with Crippen LogP contribution in [0.4, 0.5) is 5.95 Å². The standard InChI is InChI=1S/C14H20N4/c1-14(2,3)11-8-6-10(7-9-11)12-16-13(15-4)17-18(12)5/h6-9H,1-5H3,(H,15,17). The van der Waals surface area contributed by atoms with Gasteiger partial charge in [0.05, 0.1) is 0 Å². The minimum atomic E-state index is 0.175. The Morgan fingerprint density at radius 3 is 2.17 bits per heavy atom. The third-order valence-corrected chi connectivity index (χ3v) is 3.00. The number of anilines is 1. The number of hydrogen-bond donors (Lipinski definition) is 1. The summed E-state index contributed by atoms with van der Waals surface area (Å²) >= 11 is 0. The van der Waals surface area contributed by atoms with Crippen molar-refractivity contribution in [3.05, 3.63) is 29.8 Å². The fraction of sp³-hybridized carbons (Fsp3) is 0.429. The summed E-state index contributed by atoms with van der Waals surface area (Å²) < 4.78 is 1.79. The largest absolute Gasteiger partial charge is 0.356 e. The highest BCUT2D eigenvalue weighted by Gasteiger charge is 2.14. The van der Waals surface area contributed by atoms with Gasteiger partial charge in [-0.25, -0.2) is 4.68 Å². The van der Waals surface area contributed by atoms with E-state index < -0.39 is 0 Å². The molecule has 0 saturated heterocycles. The van der Waals surface area contributed by atoms with Gasteiger partial charge >= 0.3 is 0 Å². The molecule has 18 heavy (non-hydrogen) atoms. The highest BCUT2D eigenvalue weighted by Crippen LogP contribution is 2.25. The monoisotopic (exact) mass is 244 g/mol. The first-order valence-electron chi connectivity index (χ1n) is 6.11. The molecule has 0 bridgehead atoms. The van der Waals surface area contributed by atoms with Gasteiger partial charge in [0.25, 0.3) is 0 Å². The Balaban J connectivity index is 2.37. The van der Waals surface area contributed by atoms with Gasteiger partial charge < -0.3 is 5.32 Å². The number of rotatable bonds is 2. The molecule has 0 radical (unpaired) electrons. The van der Waals surface area contributed by atoms with E-state index in [1.807, 2.05) is 14.1 Å². The van der Waals surface area contributed by atoms with Crippen LogP contribution in [0.15, 0.2) is 24.3 Å². The normalized spacial score (nSPS) is 11.6. The number of nitrogens with one attached hydrogen (secondary N) is 1. The molecule has 4 nitrogen and oxygen atoms in total. The van der Waals surface area contributed by atoms with Crippen molar-refractivity contribution in [1.82, 2.24) is 14.8 Å². The second-order valence-corrected chi connectivity index (χ2v) is 5.46. The predicted molar refractivity (Wildman–Crippen MR) is 74.7 cm³/mol. The molecule has 0 spiro atoms. The first-order valence-corrected chi connectivity index (χ1v) is 6.11. The SMILES string of the molecule is CNc1nc(-c2ccc(C(C)(C)C)cc2)n(C)n1. The van der Waals surface area contributed by atoms with Gasteiger partial charge in [0.2, 0.25) is 5.95 Å². The lowest BCUT2D eigenvalue weighted by Gasteiger charge is -2.18. The average Bonchev–Trinajstić information content (AvgIpc) is 2.70. The Morgan fingerprint density at radius 1 is 1.11 bits per heavy atom. The van der Waals surface area contributed by atoms with Crippen LogP contribution in [-0.2, 0) is 12.5 Å². The van der Waals surface area contributed by atoms with Crippen LogP contribution in [0.25, 0.3) is 11.4 Å². The van der Waals surface area contributed by atoms with Crippen molar-refractivity contribution in [3.8, 4) is 11.4 Å². The lowest BCUT2D eigenvalue weighted by atomic mass is 9.87. The highest BCUT2D eigenvalue weighted by atomic mass is 15.4. The Kier molecular flexibility index (Phi) is 3.11.